The number of rotatable bonds is 5. The number of esters is 3. The molecule has 1 saturated heterocycles. The Morgan fingerprint density at radius 3 is 2.31 bits per heavy atom. The van der Waals surface area contributed by atoms with Gasteiger partial charge in [-0.25, -0.2) is 0 Å². The third-order valence-corrected chi connectivity index (χ3v) is 4.65. The second-order valence-corrected chi connectivity index (χ2v) is 7.81. The van der Waals surface area contributed by atoms with Gasteiger partial charge in [0.15, 0.2) is 0 Å². The molecule has 2 rings (SSSR count). The van der Waals surface area contributed by atoms with Crippen LogP contribution in [0.15, 0.2) is 11.1 Å². The first-order chi connectivity index (χ1) is 12.2. The van der Waals surface area contributed by atoms with Crippen LogP contribution in [0.1, 0.15) is 27.0 Å². The van der Waals surface area contributed by atoms with Gasteiger partial charge in [-0.3, -0.25) is 0 Å². The van der Waals surface area contributed by atoms with Crippen LogP contribution in [0, 0.1) is 0 Å². The Labute approximate surface area is 177 Å². The molecule has 1 aliphatic heterocycles. The fraction of sp³-hybridized carbons (Fsp3) is 0.571. The minimum absolute atomic E-state index is 0.0654. The molecule has 1 aromatic rings. The number of aromatic nitrogens is 3. The van der Waals surface area contributed by atoms with Gasteiger partial charge in [0, 0.05) is 0 Å². The maximum atomic E-state index is 12.2. The molecule has 0 bridgehead atoms. The van der Waals surface area contributed by atoms with E-state index in [4.69, 9.17) is 18.9 Å². The summed E-state index contributed by atoms with van der Waals surface area (Å²) in [5.74, 6) is -1.87. The van der Waals surface area contributed by atoms with Crippen molar-refractivity contribution < 1.29 is 33.3 Å². The van der Waals surface area contributed by atoms with Crippen LogP contribution in [0.2, 0.25) is 0 Å². The predicted molar refractivity (Wildman–Crippen MR) is 84.7 cm³/mol. The van der Waals surface area contributed by atoms with Crippen molar-refractivity contribution in [2.24, 2.45) is 0 Å². The molecule has 26 heavy (non-hydrogen) atoms. The SMILES string of the molecule is CC(=O)OC[C@H]1O[C@@H](n2cn[c]([SrH])nc2=O)C(OC(C)=O)[C@H]1OC(C)=O. The molecule has 2 heterocycles. The van der Waals surface area contributed by atoms with Crippen LogP contribution in [-0.2, 0) is 33.3 Å². The second kappa shape index (κ2) is 9.04. The summed E-state index contributed by atoms with van der Waals surface area (Å²) in [5.41, 5.74) is -0.633. The van der Waals surface area contributed by atoms with E-state index in [1.807, 2.05) is 0 Å². The Hall–Kier alpha value is -1.34. The van der Waals surface area contributed by atoms with E-state index in [2.05, 4.69) is 9.97 Å². The van der Waals surface area contributed by atoms with Gasteiger partial charge in [-0.1, -0.05) is 0 Å². The van der Waals surface area contributed by atoms with Crippen molar-refractivity contribution in [2.45, 2.75) is 45.3 Å². The van der Waals surface area contributed by atoms with E-state index in [0.29, 0.717) is 0.795 Å². The molecular formula is C14H17N3O8Sr. The van der Waals surface area contributed by atoms with Crippen molar-refractivity contribution >= 4 is 62.0 Å². The van der Waals surface area contributed by atoms with E-state index in [1.165, 1.54) is 27.1 Å². The van der Waals surface area contributed by atoms with Crippen LogP contribution in [-0.4, -0.2) is 101 Å². The summed E-state index contributed by atoms with van der Waals surface area (Å²) in [6.45, 7) is 3.31. The normalized spacial score (nSPS) is 24.7. The quantitative estimate of drug-likeness (QED) is 0.273. The summed E-state index contributed by atoms with van der Waals surface area (Å²) < 4.78 is 22.6. The fourth-order valence-electron chi connectivity index (χ4n) is 2.51. The van der Waals surface area contributed by atoms with Gasteiger partial charge < -0.3 is 0 Å². The van der Waals surface area contributed by atoms with Crippen molar-refractivity contribution in [2.75, 3.05) is 6.61 Å². The molecule has 0 N–H and O–H groups in total. The Kier molecular flexibility index (Phi) is 7.29. The Bertz CT molecular complexity index is 767. The van der Waals surface area contributed by atoms with Gasteiger partial charge in [0.05, 0.1) is 0 Å². The zero-order valence-electron chi connectivity index (χ0n) is 14.7. The average Bonchev–Trinajstić information content (AvgIpc) is 2.82. The zero-order chi connectivity index (χ0) is 19.4. The molecule has 0 radical (unpaired) electrons. The molecule has 0 saturated carbocycles. The first-order valence-corrected chi connectivity index (χ1v) is 10.2. The molecule has 12 heteroatoms. The molecule has 1 unspecified atom stereocenters. The molecule has 4 atom stereocenters. The molecule has 138 valence electrons. The molecule has 0 spiro atoms. The second-order valence-electron chi connectivity index (χ2n) is 5.61. The summed E-state index contributed by atoms with van der Waals surface area (Å²) in [7, 11) is 0. The fourth-order valence-corrected chi connectivity index (χ4v) is 3.27. The van der Waals surface area contributed by atoms with Gasteiger partial charge in [-0.05, 0) is 0 Å². The standard InChI is InChI=1S/C14H16N3O8.Sr.H/c1-7(18)22-4-10-11(23-8(2)19)12(24-9(3)20)13(25-10)17-6-15-5-16-14(17)21;;/h6,10-13H,4H2,1-3H3;;/t10-,11+,12?,13-;;/m1../s1. The van der Waals surface area contributed by atoms with Crippen molar-refractivity contribution in [1.82, 2.24) is 14.5 Å². The average molecular weight is 443 g/mol. The third kappa shape index (κ3) is 5.33. The Morgan fingerprint density at radius 2 is 1.77 bits per heavy atom. The predicted octanol–water partition coefficient (Wildman–Crippen LogP) is -2.51. The van der Waals surface area contributed by atoms with E-state index in [-0.39, 0.29) is 49.9 Å². The molecule has 1 aromatic heterocycles. The van der Waals surface area contributed by atoms with Crippen LogP contribution < -0.4 is 6.49 Å². The van der Waals surface area contributed by atoms with Crippen molar-refractivity contribution in [1.29, 1.82) is 0 Å². The Morgan fingerprint density at radius 1 is 1.15 bits per heavy atom. The summed E-state index contributed by atoms with van der Waals surface area (Å²) >= 11 is -0.0654. The maximum absolute atomic E-state index is 12.2. The first-order valence-electron chi connectivity index (χ1n) is 7.74. The molecule has 11 nitrogen and oxygen atoms in total. The summed E-state index contributed by atoms with van der Waals surface area (Å²) in [5, 5.41) is 0. The number of hydrogen-bond acceptors (Lipinski definition) is 10. The number of carbonyl (C=O) groups is 3. The number of ether oxygens (including phenoxy) is 4. The first kappa shape index (κ1) is 21.0. The summed E-state index contributed by atoms with van der Waals surface area (Å²) in [6.07, 6.45) is -3.05. The summed E-state index contributed by atoms with van der Waals surface area (Å²) in [6, 6.07) is 0. The van der Waals surface area contributed by atoms with Crippen LogP contribution in [0.5, 0.6) is 0 Å². The van der Waals surface area contributed by atoms with Gasteiger partial charge in [0.1, 0.15) is 0 Å². The van der Waals surface area contributed by atoms with E-state index in [1.54, 1.807) is 0 Å². The third-order valence-electron chi connectivity index (χ3n) is 3.46. The van der Waals surface area contributed by atoms with Gasteiger partial charge in [-0.15, -0.1) is 0 Å². The number of hydrogen-bond donors (Lipinski definition) is 0. The van der Waals surface area contributed by atoms with Crippen LogP contribution >= 0.6 is 0 Å². The molecular weight excluding hydrogens is 426 g/mol. The van der Waals surface area contributed by atoms with Gasteiger partial charge >= 0.3 is 179 Å². The minimum atomic E-state index is -1.13. The van der Waals surface area contributed by atoms with Gasteiger partial charge in [0.2, 0.25) is 0 Å². The van der Waals surface area contributed by atoms with Crippen LogP contribution in [0.3, 0.4) is 0 Å². The van der Waals surface area contributed by atoms with Crippen molar-refractivity contribution in [3.8, 4) is 0 Å². The molecule has 0 aliphatic carbocycles. The molecule has 0 aromatic carbocycles. The summed E-state index contributed by atoms with van der Waals surface area (Å²) in [4.78, 5) is 54.1. The molecule has 1 aliphatic rings. The van der Waals surface area contributed by atoms with Crippen LogP contribution in [0.4, 0.5) is 0 Å². The van der Waals surface area contributed by atoms with E-state index in [9.17, 15) is 19.2 Å². The van der Waals surface area contributed by atoms with Crippen molar-refractivity contribution in [3.63, 3.8) is 0 Å². The number of nitrogens with zero attached hydrogens (tertiary/aromatic N) is 3. The monoisotopic (exact) mass is 443 g/mol. The van der Waals surface area contributed by atoms with E-state index >= 15 is 0 Å². The molecule has 0 amide bonds. The Balaban J connectivity index is 2.40. The zero-order valence-corrected chi connectivity index (χ0v) is 19.6. The van der Waals surface area contributed by atoms with E-state index < -0.39 is 48.1 Å². The number of carbonyl (C=O) groups excluding carboxylic acids is 3. The van der Waals surface area contributed by atoms with Gasteiger partial charge in [0.25, 0.3) is 0 Å². The van der Waals surface area contributed by atoms with Crippen LogP contribution in [0.25, 0.3) is 0 Å². The molecule has 1 fully saturated rings. The van der Waals surface area contributed by atoms with Crippen molar-refractivity contribution in [3.05, 3.63) is 16.8 Å². The topological polar surface area (TPSA) is 136 Å². The van der Waals surface area contributed by atoms with E-state index in [0.717, 1.165) is 4.57 Å². The van der Waals surface area contributed by atoms with Gasteiger partial charge in [-0.2, -0.15) is 0 Å².